The minimum atomic E-state index is -0.954. The minimum absolute atomic E-state index is 0.0548. The summed E-state index contributed by atoms with van der Waals surface area (Å²) in [6.45, 7) is 3.19. The summed E-state index contributed by atoms with van der Waals surface area (Å²) in [6.07, 6.45) is 0.0548. The Kier molecular flexibility index (Phi) is 6.15. The predicted molar refractivity (Wildman–Crippen MR) is 106 cm³/mol. The average molecular weight is 421 g/mol. The highest BCUT2D eigenvalue weighted by Gasteiger charge is 2.20. The Balaban J connectivity index is 1.73. The molecule has 0 fully saturated rings. The maximum absolute atomic E-state index is 13.5. The molecule has 2 amide bonds. The summed E-state index contributed by atoms with van der Waals surface area (Å²) in [5.74, 6) is -2.41. The number of thiophene rings is 1. The lowest BCUT2D eigenvalue weighted by Gasteiger charge is -2.15. The van der Waals surface area contributed by atoms with Crippen LogP contribution < -0.4 is 10.6 Å². The number of hydrogen-bond acceptors (Lipinski definition) is 5. The molecule has 9 heteroatoms. The van der Waals surface area contributed by atoms with Gasteiger partial charge >= 0.3 is 0 Å². The third kappa shape index (κ3) is 4.79. The number of rotatable bonds is 6. The molecule has 0 radical (unpaired) electrons. The highest BCUT2D eigenvalue weighted by atomic mass is 32.1. The molecule has 0 unspecified atom stereocenters. The van der Waals surface area contributed by atoms with Crippen LogP contribution >= 0.6 is 22.7 Å². The second kappa shape index (κ2) is 8.57. The van der Waals surface area contributed by atoms with Gasteiger partial charge in [-0.25, -0.2) is 13.8 Å². The molecular formula is C19H17F2N3O2S2. The molecule has 3 rings (SSSR count). The van der Waals surface area contributed by atoms with Gasteiger partial charge in [-0.1, -0.05) is 6.07 Å². The number of carbonyl (C=O) groups is 2. The maximum atomic E-state index is 13.5. The van der Waals surface area contributed by atoms with E-state index in [4.69, 9.17) is 0 Å². The minimum Gasteiger partial charge on any atom is -0.348 e. The number of anilines is 1. The highest BCUT2D eigenvalue weighted by Crippen LogP contribution is 2.31. The summed E-state index contributed by atoms with van der Waals surface area (Å²) in [6, 6.07) is 6.84. The summed E-state index contributed by atoms with van der Waals surface area (Å²) >= 11 is 2.70. The zero-order valence-corrected chi connectivity index (χ0v) is 16.7. The molecule has 0 saturated heterocycles. The van der Waals surface area contributed by atoms with Crippen molar-refractivity contribution in [2.24, 2.45) is 0 Å². The van der Waals surface area contributed by atoms with Crippen LogP contribution in [0.4, 0.5) is 13.9 Å². The third-order valence-corrected chi connectivity index (χ3v) is 5.76. The molecule has 0 aliphatic rings. The second-order valence-electron chi connectivity index (χ2n) is 6.07. The zero-order valence-electron chi connectivity index (χ0n) is 15.1. The van der Waals surface area contributed by atoms with Crippen molar-refractivity contribution in [2.45, 2.75) is 26.3 Å². The van der Waals surface area contributed by atoms with Crippen LogP contribution in [0.2, 0.25) is 0 Å². The lowest BCUT2D eigenvalue weighted by molar-refractivity contribution is -0.120. The van der Waals surface area contributed by atoms with Gasteiger partial charge in [0.25, 0.3) is 0 Å². The Hall–Kier alpha value is -2.65. The number of hydrogen-bond donors (Lipinski definition) is 2. The fourth-order valence-electron chi connectivity index (χ4n) is 2.67. The van der Waals surface area contributed by atoms with E-state index in [1.807, 2.05) is 17.5 Å². The van der Waals surface area contributed by atoms with Crippen molar-refractivity contribution in [3.8, 4) is 11.3 Å². The summed E-state index contributed by atoms with van der Waals surface area (Å²) in [5.41, 5.74) is 0.915. The first-order valence-corrected chi connectivity index (χ1v) is 10.1. The number of nitrogens with one attached hydrogen (secondary N) is 2. The summed E-state index contributed by atoms with van der Waals surface area (Å²) in [7, 11) is 0. The molecule has 0 aliphatic carbocycles. The SMILES string of the molecule is CC(=O)N[C@H](CC(=O)Nc1nc(-c2ccc(F)c(F)c2)c(C)s1)c1cccs1. The van der Waals surface area contributed by atoms with Crippen LogP contribution in [0.25, 0.3) is 11.3 Å². The quantitative estimate of drug-likeness (QED) is 0.608. The Morgan fingerprint density at radius 3 is 2.64 bits per heavy atom. The molecule has 2 N–H and O–H groups in total. The molecule has 5 nitrogen and oxygen atoms in total. The number of aryl methyl sites for hydroxylation is 1. The monoisotopic (exact) mass is 421 g/mol. The standard InChI is InChI=1S/C19H17F2N3O2S2/c1-10-18(12-5-6-13(20)14(21)8-12)24-19(28-10)23-17(26)9-15(22-11(2)25)16-4-3-7-27-16/h3-8,15H,9H2,1-2H3,(H,22,25)(H,23,24,26)/t15-/m1/s1. The molecule has 0 spiro atoms. The van der Waals surface area contributed by atoms with Crippen LogP contribution in [-0.2, 0) is 9.59 Å². The number of amides is 2. The molecule has 3 aromatic rings. The molecule has 1 atom stereocenters. The molecule has 2 heterocycles. The summed E-state index contributed by atoms with van der Waals surface area (Å²) in [5, 5.41) is 7.72. The van der Waals surface area contributed by atoms with E-state index in [1.165, 1.54) is 35.7 Å². The molecule has 0 aliphatic heterocycles. The normalized spacial score (nSPS) is 11.9. The van der Waals surface area contributed by atoms with Crippen molar-refractivity contribution in [1.29, 1.82) is 0 Å². The first kappa shape index (κ1) is 20.1. The van der Waals surface area contributed by atoms with Gasteiger partial charge in [-0.3, -0.25) is 9.59 Å². The average Bonchev–Trinajstić information content (AvgIpc) is 3.26. The van der Waals surface area contributed by atoms with E-state index in [0.29, 0.717) is 16.4 Å². The van der Waals surface area contributed by atoms with Gasteiger partial charge in [-0.2, -0.15) is 0 Å². The van der Waals surface area contributed by atoms with E-state index in [1.54, 1.807) is 6.92 Å². The maximum Gasteiger partial charge on any atom is 0.228 e. The van der Waals surface area contributed by atoms with Crippen molar-refractivity contribution in [3.05, 3.63) is 57.1 Å². The van der Waals surface area contributed by atoms with Crippen molar-refractivity contribution in [3.63, 3.8) is 0 Å². The van der Waals surface area contributed by atoms with Crippen molar-refractivity contribution < 1.29 is 18.4 Å². The number of carbonyl (C=O) groups excluding carboxylic acids is 2. The largest absolute Gasteiger partial charge is 0.348 e. The summed E-state index contributed by atoms with van der Waals surface area (Å²) in [4.78, 5) is 29.9. The molecular weight excluding hydrogens is 404 g/mol. The number of thiazole rings is 1. The lowest BCUT2D eigenvalue weighted by atomic mass is 10.1. The Morgan fingerprint density at radius 1 is 1.21 bits per heavy atom. The smallest absolute Gasteiger partial charge is 0.228 e. The molecule has 146 valence electrons. The number of aromatic nitrogens is 1. The van der Waals surface area contributed by atoms with E-state index in [9.17, 15) is 18.4 Å². The van der Waals surface area contributed by atoms with E-state index in [-0.39, 0.29) is 18.2 Å². The Labute approximate surface area is 168 Å². The first-order chi connectivity index (χ1) is 13.3. The Morgan fingerprint density at radius 2 is 2.00 bits per heavy atom. The van der Waals surface area contributed by atoms with Crippen LogP contribution in [-0.4, -0.2) is 16.8 Å². The van der Waals surface area contributed by atoms with Crippen molar-refractivity contribution in [2.75, 3.05) is 5.32 Å². The topological polar surface area (TPSA) is 71.1 Å². The van der Waals surface area contributed by atoms with Gasteiger partial charge in [0.2, 0.25) is 11.8 Å². The molecule has 28 heavy (non-hydrogen) atoms. The second-order valence-corrected chi connectivity index (χ2v) is 8.26. The lowest BCUT2D eigenvalue weighted by Crippen LogP contribution is -2.29. The Bertz CT molecular complexity index is 1000. The van der Waals surface area contributed by atoms with Crippen molar-refractivity contribution >= 4 is 39.6 Å². The fraction of sp³-hybridized carbons (Fsp3) is 0.211. The fourth-order valence-corrected chi connectivity index (χ4v) is 4.30. The molecule has 1 aromatic carbocycles. The van der Waals surface area contributed by atoms with E-state index >= 15 is 0 Å². The van der Waals surface area contributed by atoms with E-state index in [0.717, 1.165) is 21.9 Å². The molecule has 2 aromatic heterocycles. The summed E-state index contributed by atoms with van der Waals surface area (Å²) < 4.78 is 26.6. The predicted octanol–water partition coefficient (Wildman–Crippen LogP) is 4.66. The van der Waals surface area contributed by atoms with Gasteiger partial charge in [0.05, 0.1) is 18.2 Å². The van der Waals surface area contributed by atoms with Crippen LogP contribution in [0.3, 0.4) is 0 Å². The molecule has 0 saturated carbocycles. The van der Waals surface area contributed by atoms with Gasteiger partial charge in [0, 0.05) is 22.2 Å². The van der Waals surface area contributed by atoms with Gasteiger partial charge in [0.1, 0.15) is 0 Å². The van der Waals surface area contributed by atoms with E-state index in [2.05, 4.69) is 15.6 Å². The van der Waals surface area contributed by atoms with Crippen LogP contribution in [0.5, 0.6) is 0 Å². The third-order valence-electron chi connectivity index (χ3n) is 3.89. The van der Waals surface area contributed by atoms with Gasteiger partial charge in [0.15, 0.2) is 16.8 Å². The van der Waals surface area contributed by atoms with Crippen LogP contribution in [0.15, 0.2) is 35.7 Å². The van der Waals surface area contributed by atoms with Gasteiger partial charge < -0.3 is 10.6 Å². The number of halogens is 2. The van der Waals surface area contributed by atoms with Crippen LogP contribution in [0.1, 0.15) is 29.1 Å². The number of benzene rings is 1. The van der Waals surface area contributed by atoms with Gasteiger partial charge in [-0.15, -0.1) is 22.7 Å². The highest BCUT2D eigenvalue weighted by molar-refractivity contribution is 7.16. The number of nitrogens with zero attached hydrogens (tertiary/aromatic N) is 1. The molecule has 0 bridgehead atoms. The van der Waals surface area contributed by atoms with Crippen molar-refractivity contribution in [1.82, 2.24) is 10.3 Å². The van der Waals surface area contributed by atoms with E-state index < -0.39 is 17.7 Å². The van der Waals surface area contributed by atoms with Gasteiger partial charge in [-0.05, 0) is 36.6 Å². The van der Waals surface area contributed by atoms with Crippen LogP contribution in [0, 0.1) is 18.6 Å². The zero-order chi connectivity index (χ0) is 20.3. The first-order valence-electron chi connectivity index (χ1n) is 8.36.